The molecule has 0 bridgehead atoms. The fraction of sp³-hybridized carbons (Fsp3) is 1.00. The van der Waals surface area contributed by atoms with Crippen molar-refractivity contribution in [1.82, 2.24) is 8.61 Å². The van der Waals surface area contributed by atoms with Crippen LogP contribution in [0.4, 0.5) is 0 Å². The molecule has 118 valence electrons. The Morgan fingerprint density at radius 3 is 2.35 bits per heavy atom. The summed E-state index contributed by atoms with van der Waals surface area (Å²) in [4.78, 5) is 0. The molecule has 1 saturated carbocycles. The van der Waals surface area contributed by atoms with E-state index in [9.17, 15) is 8.42 Å². The third kappa shape index (κ3) is 3.87. The molecule has 0 aromatic rings. The number of rotatable bonds is 4. The molecule has 0 N–H and O–H groups in total. The summed E-state index contributed by atoms with van der Waals surface area (Å²) in [7, 11) is -1.55. The van der Waals surface area contributed by atoms with Crippen LogP contribution in [0, 0.1) is 5.92 Å². The van der Waals surface area contributed by atoms with Crippen molar-refractivity contribution in [2.45, 2.75) is 57.4 Å². The third-order valence-electron chi connectivity index (χ3n) is 4.73. The van der Waals surface area contributed by atoms with Crippen molar-refractivity contribution in [3.8, 4) is 0 Å². The summed E-state index contributed by atoms with van der Waals surface area (Å²) in [6.07, 6.45) is 8.75. The largest absolute Gasteiger partial charge is 0.281 e. The maximum atomic E-state index is 12.8. The maximum absolute atomic E-state index is 12.8. The van der Waals surface area contributed by atoms with Gasteiger partial charge in [0.25, 0.3) is 10.2 Å². The smallest absolute Gasteiger partial charge is 0.195 e. The van der Waals surface area contributed by atoms with Crippen LogP contribution in [0.25, 0.3) is 0 Å². The molecule has 0 radical (unpaired) electrons. The second-order valence-electron chi connectivity index (χ2n) is 6.19. The van der Waals surface area contributed by atoms with Gasteiger partial charge in [-0.3, -0.25) is 0 Å². The highest BCUT2D eigenvalue weighted by Crippen LogP contribution is 2.26. The average molecular weight is 323 g/mol. The molecule has 6 heteroatoms. The van der Waals surface area contributed by atoms with Crippen LogP contribution in [0.2, 0.25) is 0 Å². The van der Waals surface area contributed by atoms with Crippen molar-refractivity contribution in [2.75, 3.05) is 26.0 Å². The van der Waals surface area contributed by atoms with Crippen LogP contribution in [-0.2, 0) is 10.2 Å². The number of nitrogens with zero attached hydrogens (tertiary/aromatic N) is 2. The molecule has 0 aromatic carbocycles. The van der Waals surface area contributed by atoms with Gasteiger partial charge < -0.3 is 0 Å². The topological polar surface area (TPSA) is 40.6 Å². The lowest BCUT2D eigenvalue weighted by atomic mass is 10.0. The van der Waals surface area contributed by atoms with Crippen molar-refractivity contribution in [1.29, 1.82) is 0 Å². The van der Waals surface area contributed by atoms with Gasteiger partial charge in [0.15, 0.2) is 0 Å². The molecule has 1 heterocycles. The van der Waals surface area contributed by atoms with E-state index in [1.165, 1.54) is 12.8 Å². The van der Waals surface area contributed by atoms with Crippen LogP contribution >= 0.6 is 11.6 Å². The van der Waals surface area contributed by atoms with E-state index in [0.29, 0.717) is 24.9 Å². The standard InChI is InChI=1S/C14H27ClN2O2S/c1-16(14-8-4-2-3-5-9-14)20(18,19)17-10-6-7-13(11-15)12-17/h13-14H,2-12H2,1H3. The van der Waals surface area contributed by atoms with Gasteiger partial charge in [0.1, 0.15) is 0 Å². The van der Waals surface area contributed by atoms with Crippen LogP contribution in [0.3, 0.4) is 0 Å². The van der Waals surface area contributed by atoms with Crippen molar-refractivity contribution >= 4 is 21.8 Å². The van der Waals surface area contributed by atoms with E-state index in [2.05, 4.69) is 0 Å². The van der Waals surface area contributed by atoms with E-state index in [-0.39, 0.29) is 6.04 Å². The molecule has 1 aliphatic carbocycles. The Bertz CT molecular complexity index is 394. The average Bonchev–Trinajstić information content (AvgIpc) is 2.75. The van der Waals surface area contributed by atoms with E-state index in [4.69, 9.17) is 11.6 Å². The molecule has 0 aromatic heterocycles. The van der Waals surface area contributed by atoms with Gasteiger partial charge in [-0.25, -0.2) is 0 Å². The monoisotopic (exact) mass is 322 g/mol. The van der Waals surface area contributed by atoms with Crippen LogP contribution in [-0.4, -0.2) is 49.1 Å². The first-order valence-electron chi connectivity index (χ1n) is 7.84. The van der Waals surface area contributed by atoms with Gasteiger partial charge in [-0.2, -0.15) is 17.0 Å². The van der Waals surface area contributed by atoms with Crippen LogP contribution < -0.4 is 0 Å². The minimum absolute atomic E-state index is 0.180. The molecule has 1 aliphatic heterocycles. The summed E-state index contributed by atoms with van der Waals surface area (Å²) in [5, 5.41) is 0. The highest BCUT2D eigenvalue weighted by atomic mass is 35.5. The molecule has 20 heavy (non-hydrogen) atoms. The van der Waals surface area contributed by atoms with E-state index < -0.39 is 10.2 Å². The summed E-state index contributed by atoms with van der Waals surface area (Å²) in [5.41, 5.74) is 0. The van der Waals surface area contributed by atoms with Gasteiger partial charge in [0.2, 0.25) is 0 Å². The first-order valence-corrected chi connectivity index (χ1v) is 9.78. The van der Waals surface area contributed by atoms with Crippen LogP contribution in [0.15, 0.2) is 0 Å². The predicted octanol–water partition coefficient (Wildman–Crippen LogP) is 2.84. The van der Waals surface area contributed by atoms with Crippen molar-refractivity contribution < 1.29 is 8.42 Å². The maximum Gasteiger partial charge on any atom is 0.281 e. The zero-order chi connectivity index (χ0) is 14.6. The normalized spacial score (nSPS) is 27.6. The Morgan fingerprint density at radius 2 is 1.75 bits per heavy atom. The molecular weight excluding hydrogens is 296 g/mol. The summed E-state index contributed by atoms with van der Waals surface area (Å²) < 4.78 is 28.8. The summed E-state index contributed by atoms with van der Waals surface area (Å²) in [6, 6.07) is 0.180. The van der Waals surface area contributed by atoms with E-state index in [1.807, 2.05) is 0 Å². The molecule has 2 aliphatic rings. The Labute approximate surface area is 128 Å². The van der Waals surface area contributed by atoms with Gasteiger partial charge in [-0.1, -0.05) is 25.7 Å². The number of halogens is 1. The molecule has 2 rings (SSSR count). The van der Waals surface area contributed by atoms with Crippen molar-refractivity contribution in [3.05, 3.63) is 0 Å². The fourth-order valence-corrected chi connectivity index (χ4v) is 5.32. The number of hydrogen-bond acceptors (Lipinski definition) is 2. The lowest BCUT2D eigenvalue weighted by Crippen LogP contribution is -2.50. The fourth-order valence-electron chi connectivity index (χ4n) is 3.35. The minimum Gasteiger partial charge on any atom is -0.195 e. The molecule has 2 fully saturated rings. The van der Waals surface area contributed by atoms with E-state index >= 15 is 0 Å². The SMILES string of the molecule is CN(C1CCCCCC1)S(=O)(=O)N1CCCC(CCl)C1. The molecule has 0 spiro atoms. The Morgan fingerprint density at radius 1 is 1.10 bits per heavy atom. The van der Waals surface area contributed by atoms with Gasteiger partial charge in [0.05, 0.1) is 0 Å². The van der Waals surface area contributed by atoms with Gasteiger partial charge in [-0.05, 0) is 31.6 Å². The first-order chi connectivity index (χ1) is 9.55. The predicted molar refractivity (Wildman–Crippen MR) is 83.2 cm³/mol. The summed E-state index contributed by atoms with van der Waals surface area (Å²) >= 11 is 5.91. The van der Waals surface area contributed by atoms with Crippen molar-refractivity contribution in [3.63, 3.8) is 0 Å². The zero-order valence-corrected chi connectivity index (χ0v) is 14.0. The highest BCUT2D eigenvalue weighted by molar-refractivity contribution is 7.86. The number of hydrogen-bond donors (Lipinski definition) is 0. The van der Waals surface area contributed by atoms with Crippen LogP contribution in [0.1, 0.15) is 51.4 Å². The zero-order valence-electron chi connectivity index (χ0n) is 12.4. The second kappa shape index (κ2) is 7.43. The summed E-state index contributed by atoms with van der Waals surface area (Å²) in [6.45, 7) is 1.23. The highest BCUT2D eigenvalue weighted by Gasteiger charge is 2.34. The van der Waals surface area contributed by atoms with Crippen LogP contribution in [0.5, 0.6) is 0 Å². The van der Waals surface area contributed by atoms with Gasteiger partial charge in [-0.15, -0.1) is 11.6 Å². The van der Waals surface area contributed by atoms with Gasteiger partial charge >= 0.3 is 0 Å². The Hall–Kier alpha value is 0.160. The minimum atomic E-state index is -3.31. The number of piperidine rings is 1. The molecule has 4 nitrogen and oxygen atoms in total. The lowest BCUT2D eigenvalue weighted by molar-refractivity contribution is 0.247. The first kappa shape index (κ1) is 16.5. The molecule has 1 atom stereocenters. The Kier molecular flexibility index (Phi) is 6.14. The third-order valence-corrected chi connectivity index (χ3v) is 7.18. The van der Waals surface area contributed by atoms with Crippen molar-refractivity contribution in [2.24, 2.45) is 5.92 Å². The quantitative estimate of drug-likeness (QED) is 0.590. The van der Waals surface area contributed by atoms with Gasteiger partial charge in [0, 0.05) is 32.1 Å². The molecule has 1 unspecified atom stereocenters. The summed E-state index contributed by atoms with van der Waals surface area (Å²) in [5.74, 6) is 0.863. The van der Waals surface area contributed by atoms with E-state index in [0.717, 1.165) is 38.5 Å². The molecule has 1 saturated heterocycles. The molecular formula is C14H27ClN2O2S. The Balaban J connectivity index is 2.04. The number of alkyl halides is 1. The van der Waals surface area contributed by atoms with E-state index in [1.54, 1.807) is 15.7 Å². The second-order valence-corrected chi connectivity index (χ2v) is 8.49. The molecule has 0 amide bonds. The lowest BCUT2D eigenvalue weighted by Gasteiger charge is -2.36.